The fourth-order valence-electron chi connectivity index (χ4n) is 1.23. The van der Waals surface area contributed by atoms with Gasteiger partial charge in [-0.3, -0.25) is 0 Å². The van der Waals surface area contributed by atoms with Crippen molar-refractivity contribution >= 4 is 25.2 Å². The highest BCUT2D eigenvalue weighted by Crippen LogP contribution is 2.27. The van der Waals surface area contributed by atoms with Crippen LogP contribution in [0, 0.1) is 0 Å². The molecule has 0 rings (SSSR count). The van der Waals surface area contributed by atoms with E-state index >= 15 is 0 Å². The molecule has 0 aliphatic carbocycles. The van der Waals surface area contributed by atoms with E-state index in [4.69, 9.17) is 15.8 Å². The summed E-state index contributed by atoms with van der Waals surface area (Å²) >= 11 is 6.05. The van der Waals surface area contributed by atoms with E-state index in [1.807, 2.05) is 20.4 Å². The second-order valence-electron chi connectivity index (χ2n) is 4.08. The molecular formula is C10H18ClO2Si. The number of hydrogen-bond donors (Lipinski definition) is 0. The maximum atomic E-state index is 11.0. The molecule has 81 valence electrons. The predicted octanol–water partition coefficient (Wildman–Crippen LogP) is 3.13. The Labute approximate surface area is 92.6 Å². The summed E-state index contributed by atoms with van der Waals surface area (Å²) in [4.78, 5) is 11.0. The Morgan fingerprint density at radius 1 is 1.71 bits per heavy atom. The molecule has 4 heteroatoms. The topological polar surface area (TPSA) is 26.3 Å². The van der Waals surface area contributed by atoms with E-state index in [0.29, 0.717) is 5.54 Å². The van der Waals surface area contributed by atoms with E-state index in [2.05, 4.69) is 13.5 Å². The third-order valence-electron chi connectivity index (χ3n) is 2.02. The van der Waals surface area contributed by atoms with Crippen LogP contribution in [0.25, 0.3) is 0 Å². The Hall–Kier alpha value is -0.283. The average Bonchev–Trinajstić information content (AvgIpc) is 2.02. The zero-order chi connectivity index (χ0) is 11.4. The number of hydrogen-bond acceptors (Lipinski definition) is 2. The molecule has 2 nitrogen and oxygen atoms in total. The van der Waals surface area contributed by atoms with Crippen LogP contribution in [-0.4, -0.2) is 19.7 Å². The quantitative estimate of drug-likeness (QED) is 0.316. The molecule has 0 spiro atoms. The Kier molecular flexibility index (Phi) is 5.45. The Bertz CT molecular complexity index is 214. The fraction of sp³-hybridized carbons (Fsp3) is 0.700. The van der Waals surface area contributed by atoms with E-state index < -0.39 is 13.7 Å². The van der Waals surface area contributed by atoms with E-state index in [9.17, 15) is 4.79 Å². The van der Waals surface area contributed by atoms with E-state index in [0.717, 1.165) is 6.42 Å². The lowest BCUT2D eigenvalue weighted by Crippen LogP contribution is -2.30. The van der Waals surface area contributed by atoms with Gasteiger partial charge in [0.1, 0.15) is 5.60 Å². The van der Waals surface area contributed by atoms with Crippen LogP contribution in [-0.2, 0) is 9.53 Å². The van der Waals surface area contributed by atoms with E-state index in [1.54, 1.807) is 0 Å². The molecule has 1 radical (unpaired) electrons. The first-order valence-corrected chi connectivity index (χ1v) is 7.72. The SMILES string of the molecule is C=CC(=O)OC(C)(C)CC(C)[Si](C)Cl. The zero-order valence-electron chi connectivity index (χ0n) is 9.26. The normalized spacial score (nSPS) is 13.9. The molecule has 0 heterocycles. The molecule has 0 aromatic heterocycles. The van der Waals surface area contributed by atoms with Crippen molar-refractivity contribution in [3.63, 3.8) is 0 Å². The van der Waals surface area contributed by atoms with E-state index in [1.165, 1.54) is 6.08 Å². The van der Waals surface area contributed by atoms with Gasteiger partial charge >= 0.3 is 5.97 Å². The minimum Gasteiger partial charge on any atom is -0.457 e. The second-order valence-corrected chi connectivity index (χ2v) is 8.02. The second kappa shape index (κ2) is 5.56. The van der Waals surface area contributed by atoms with Crippen LogP contribution in [0.4, 0.5) is 0 Å². The molecule has 0 saturated carbocycles. The van der Waals surface area contributed by atoms with Gasteiger partial charge in [-0.1, -0.05) is 20.0 Å². The van der Waals surface area contributed by atoms with Gasteiger partial charge in [0.2, 0.25) is 0 Å². The van der Waals surface area contributed by atoms with Crippen LogP contribution in [0.5, 0.6) is 0 Å². The lowest BCUT2D eigenvalue weighted by Gasteiger charge is -2.28. The molecule has 1 atom stereocenters. The van der Waals surface area contributed by atoms with Crippen molar-refractivity contribution in [2.75, 3.05) is 0 Å². The van der Waals surface area contributed by atoms with Crippen molar-refractivity contribution in [2.45, 2.75) is 44.9 Å². The fourth-order valence-corrected chi connectivity index (χ4v) is 2.24. The number of ether oxygens (including phenoxy) is 1. The summed E-state index contributed by atoms with van der Waals surface area (Å²) in [7, 11) is -0.832. The zero-order valence-corrected chi connectivity index (χ0v) is 11.0. The van der Waals surface area contributed by atoms with Crippen LogP contribution >= 0.6 is 11.1 Å². The van der Waals surface area contributed by atoms with Crippen molar-refractivity contribution in [2.24, 2.45) is 0 Å². The highest BCUT2D eigenvalue weighted by molar-refractivity contribution is 7.06. The smallest absolute Gasteiger partial charge is 0.330 e. The largest absolute Gasteiger partial charge is 0.457 e. The van der Waals surface area contributed by atoms with Gasteiger partial charge in [-0.2, -0.15) is 11.1 Å². The maximum Gasteiger partial charge on any atom is 0.330 e. The number of halogens is 1. The van der Waals surface area contributed by atoms with Gasteiger partial charge in [-0.15, -0.1) is 0 Å². The van der Waals surface area contributed by atoms with Gasteiger partial charge in [0.15, 0.2) is 8.11 Å². The van der Waals surface area contributed by atoms with Crippen molar-refractivity contribution < 1.29 is 9.53 Å². The molecule has 1 unspecified atom stereocenters. The van der Waals surface area contributed by atoms with Crippen LogP contribution in [0.2, 0.25) is 12.1 Å². The molecule has 14 heavy (non-hydrogen) atoms. The van der Waals surface area contributed by atoms with E-state index in [-0.39, 0.29) is 5.97 Å². The van der Waals surface area contributed by atoms with Crippen molar-refractivity contribution in [3.8, 4) is 0 Å². The lowest BCUT2D eigenvalue weighted by atomic mass is 10.0. The summed E-state index contributed by atoms with van der Waals surface area (Å²) in [6, 6.07) is 0. The minimum atomic E-state index is -0.832. The van der Waals surface area contributed by atoms with Crippen LogP contribution < -0.4 is 0 Å². The van der Waals surface area contributed by atoms with Gasteiger partial charge in [0.05, 0.1) is 0 Å². The van der Waals surface area contributed by atoms with Gasteiger partial charge < -0.3 is 4.74 Å². The molecule has 0 saturated heterocycles. The molecule has 0 N–H and O–H groups in total. The summed E-state index contributed by atoms with van der Waals surface area (Å²) in [5, 5.41) is 0. The first-order valence-electron chi connectivity index (χ1n) is 4.63. The predicted molar refractivity (Wildman–Crippen MR) is 61.9 cm³/mol. The molecule has 0 aliphatic heterocycles. The van der Waals surface area contributed by atoms with Gasteiger partial charge in [0, 0.05) is 6.08 Å². The summed E-state index contributed by atoms with van der Waals surface area (Å²) in [5.41, 5.74) is -0.0415. The van der Waals surface area contributed by atoms with Crippen molar-refractivity contribution in [1.82, 2.24) is 0 Å². The molecule has 0 aromatic rings. The molecule has 0 fully saturated rings. The summed E-state index contributed by atoms with van der Waals surface area (Å²) in [5.74, 6) is -0.373. The number of rotatable bonds is 5. The molecule has 0 bridgehead atoms. The van der Waals surface area contributed by atoms with Gasteiger partial charge in [0.25, 0.3) is 0 Å². The highest BCUT2D eigenvalue weighted by atomic mass is 35.6. The summed E-state index contributed by atoms with van der Waals surface area (Å²) in [6.07, 6.45) is 1.98. The van der Waals surface area contributed by atoms with Crippen molar-refractivity contribution in [3.05, 3.63) is 12.7 Å². The first-order chi connectivity index (χ1) is 6.28. The van der Waals surface area contributed by atoms with Crippen LogP contribution in [0.15, 0.2) is 12.7 Å². The molecule has 0 aromatic carbocycles. The number of carbonyl (C=O) groups is 1. The van der Waals surface area contributed by atoms with Crippen molar-refractivity contribution in [1.29, 1.82) is 0 Å². The third-order valence-corrected chi connectivity index (χ3v) is 4.70. The minimum absolute atomic E-state index is 0.373. The Morgan fingerprint density at radius 3 is 2.57 bits per heavy atom. The lowest BCUT2D eigenvalue weighted by molar-refractivity contribution is -0.150. The molecule has 0 aliphatic rings. The highest BCUT2D eigenvalue weighted by Gasteiger charge is 2.27. The number of carbonyl (C=O) groups excluding carboxylic acids is 1. The third kappa shape index (κ3) is 5.45. The van der Waals surface area contributed by atoms with Crippen LogP contribution in [0.3, 0.4) is 0 Å². The number of esters is 1. The van der Waals surface area contributed by atoms with Gasteiger partial charge in [-0.05, 0) is 25.8 Å². The monoisotopic (exact) mass is 233 g/mol. The average molecular weight is 234 g/mol. The maximum absolute atomic E-state index is 11.0. The Balaban J connectivity index is 4.19. The van der Waals surface area contributed by atoms with Crippen LogP contribution in [0.1, 0.15) is 27.2 Å². The molecule has 0 amide bonds. The molecular weight excluding hydrogens is 216 g/mol. The van der Waals surface area contributed by atoms with Gasteiger partial charge in [-0.25, -0.2) is 4.79 Å². The standard InChI is InChI=1S/C10H18ClO2Si/c1-6-9(12)13-10(3,4)7-8(2)14(5)11/h6,8H,1,7H2,2-5H3. The summed E-state index contributed by atoms with van der Waals surface area (Å²) < 4.78 is 5.21. The Morgan fingerprint density at radius 2 is 2.21 bits per heavy atom. The summed E-state index contributed by atoms with van der Waals surface area (Å²) in [6.45, 7) is 11.3. The first kappa shape index (κ1) is 13.7.